The monoisotopic (exact) mass is 474 g/mol. The first-order valence-electron chi connectivity index (χ1n) is 10.7. The Bertz CT molecular complexity index is 1350. The van der Waals surface area contributed by atoms with Crippen LogP contribution in [0.3, 0.4) is 0 Å². The molecule has 1 heterocycles. The van der Waals surface area contributed by atoms with Crippen LogP contribution in [0.25, 0.3) is 6.08 Å². The first kappa shape index (κ1) is 23.3. The van der Waals surface area contributed by atoms with Gasteiger partial charge in [-0.05, 0) is 67.3 Å². The Morgan fingerprint density at radius 1 is 0.941 bits per heavy atom. The minimum atomic E-state index is -0.779. The second-order valence-electron chi connectivity index (χ2n) is 8.22. The van der Waals surface area contributed by atoms with Gasteiger partial charge >= 0.3 is 6.03 Å². The van der Waals surface area contributed by atoms with Crippen molar-refractivity contribution < 1.29 is 19.1 Å². The van der Waals surface area contributed by atoms with E-state index < -0.39 is 17.8 Å². The first-order chi connectivity index (χ1) is 16.2. The quantitative estimate of drug-likeness (QED) is 0.390. The van der Waals surface area contributed by atoms with Crippen molar-refractivity contribution in [1.82, 2.24) is 5.32 Å². The van der Waals surface area contributed by atoms with Crippen molar-refractivity contribution >= 4 is 41.2 Å². The number of ether oxygens (including phenoxy) is 1. The number of nitrogens with one attached hydrogen (secondary N) is 1. The molecule has 3 aromatic carbocycles. The smallest absolute Gasteiger partial charge is 0.335 e. The molecule has 3 aromatic rings. The maximum atomic E-state index is 13.2. The Morgan fingerprint density at radius 3 is 2.44 bits per heavy atom. The predicted molar refractivity (Wildman–Crippen MR) is 132 cm³/mol. The van der Waals surface area contributed by atoms with Crippen molar-refractivity contribution in [3.8, 4) is 5.75 Å². The van der Waals surface area contributed by atoms with Gasteiger partial charge in [-0.3, -0.25) is 14.9 Å². The van der Waals surface area contributed by atoms with Crippen molar-refractivity contribution in [3.63, 3.8) is 0 Å². The van der Waals surface area contributed by atoms with Gasteiger partial charge in [-0.15, -0.1) is 0 Å². The van der Waals surface area contributed by atoms with E-state index in [9.17, 15) is 14.4 Å². The molecule has 4 rings (SSSR count). The van der Waals surface area contributed by atoms with E-state index in [2.05, 4.69) is 5.32 Å². The van der Waals surface area contributed by atoms with Crippen LogP contribution < -0.4 is 15.0 Å². The van der Waals surface area contributed by atoms with Gasteiger partial charge in [0.15, 0.2) is 0 Å². The normalized spacial score (nSPS) is 15.0. The molecule has 0 spiro atoms. The molecule has 1 aliphatic rings. The van der Waals surface area contributed by atoms with E-state index in [-0.39, 0.29) is 5.57 Å². The summed E-state index contributed by atoms with van der Waals surface area (Å²) in [6.45, 7) is 6.03. The molecule has 0 aliphatic carbocycles. The van der Waals surface area contributed by atoms with Gasteiger partial charge in [-0.2, -0.15) is 0 Å². The van der Waals surface area contributed by atoms with Crippen molar-refractivity contribution in [3.05, 3.63) is 99.1 Å². The fraction of sp³-hybridized carbons (Fsp3) is 0.148. The Labute approximate surface area is 202 Å². The molecule has 0 radical (unpaired) electrons. The number of amides is 4. The van der Waals surface area contributed by atoms with Gasteiger partial charge in [0.1, 0.15) is 17.9 Å². The summed E-state index contributed by atoms with van der Waals surface area (Å²) in [7, 11) is 0. The maximum Gasteiger partial charge on any atom is 0.335 e. The van der Waals surface area contributed by atoms with Crippen LogP contribution in [-0.2, 0) is 16.2 Å². The topological polar surface area (TPSA) is 75.7 Å². The van der Waals surface area contributed by atoms with E-state index in [4.69, 9.17) is 16.3 Å². The highest BCUT2D eigenvalue weighted by atomic mass is 35.5. The van der Waals surface area contributed by atoms with Gasteiger partial charge in [0, 0.05) is 0 Å². The van der Waals surface area contributed by atoms with Gasteiger partial charge in [-0.25, -0.2) is 9.69 Å². The molecule has 0 bridgehead atoms. The van der Waals surface area contributed by atoms with Crippen molar-refractivity contribution in [2.75, 3.05) is 4.90 Å². The summed E-state index contributed by atoms with van der Waals surface area (Å²) in [5, 5.41) is 2.59. The van der Waals surface area contributed by atoms with E-state index in [1.54, 1.807) is 31.2 Å². The zero-order valence-electron chi connectivity index (χ0n) is 19.0. The largest absolute Gasteiger partial charge is 0.487 e. The fourth-order valence-corrected chi connectivity index (χ4v) is 3.93. The van der Waals surface area contributed by atoms with Crippen LogP contribution in [0.5, 0.6) is 5.75 Å². The summed E-state index contributed by atoms with van der Waals surface area (Å²) in [5.74, 6) is -0.970. The number of hydrogen-bond donors (Lipinski definition) is 1. The van der Waals surface area contributed by atoms with Crippen LogP contribution in [0.2, 0.25) is 5.02 Å². The molecule has 0 unspecified atom stereocenters. The van der Waals surface area contributed by atoms with Crippen LogP contribution in [0.1, 0.15) is 27.8 Å². The number of aryl methyl sites for hydroxylation is 3. The molecule has 0 atom stereocenters. The molecule has 1 aliphatic heterocycles. The van der Waals surface area contributed by atoms with Crippen LogP contribution in [-0.4, -0.2) is 17.8 Å². The third-order valence-corrected chi connectivity index (χ3v) is 5.75. The van der Waals surface area contributed by atoms with Crippen molar-refractivity contribution in [2.24, 2.45) is 0 Å². The Morgan fingerprint density at radius 2 is 1.71 bits per heavy atom. The molecule has 1 saturated heterocycles. The van der Waals surface area contributed by atoms with Crippen LogP contribution in [0, 0.1) is 20.8 Å². The van der Waals surface area contributed by atoms with Crippen molar-refractivity contribution in [2.45, 2.75) is 27.4 Å². The van der Waals surface area contributed by atoms with Gasteiger partial charge in [0.25, 0.3) is 11.8 Å². The first-order valence-corrected chi connectivity index (χ1v) is 11.1. The van der Waals surface area contributed by atoms with Crippen molar-refractivity contribution in [1.29, 1.82) is 0 Å². The van der Waals surface area contributed by atoms with Gasteiger partial charge in [0.05, 0.1) is 10.7 Å². The molecule has 0 aromatic heterocycles. The van der Waals surface area contributed by atoms with E-state index >= 15 is 0 Å². The number of imide groups is 2. The Kier molecular flexibility index (Phi) is 6.52. The number of benzene rings is 3. The third kappa shape index (κ3) is 4.87. The average Bonchev–Trinajstić information content (AvgIpc) is 2.78. The summed E-state index contributed by atoms with van der Waals surface area (Å²) in [6, 6.07) is 17.6. The maximum absolute atomic E-state index is 13.2. The minimum Gasteiger partial charge on any atom is -0.487 e. The lowest BCUT2D eigenvalue weighted by atomic mass is 10.0. The van der Waals surface area contributed by atoms with E-state index in [1.807, 2.05) is 50.2 Å². The molecular formula is C27H23ClN2O4. The lowest BCUT2D eigenvalue weighted by molar-refractivity contribution is -0.122. The molecule has 1 fully saturated rings. The number of rotatable bonds is 5. The van der Waals surface area contributed by atoms with Gasteiger partial charge < -0.3 is 4.74 Å². The molecule has 6 nitrogen and oxygen atoms in total. The second kappa shape index (κ2) is 9.53. The zero-order valence-corrected chi connectivity index (χ0v) is 19.8. The summed E-state index contributed by atoms with van der Waals surface area (Å²) in [4.78, 5) is 39.1. The third-order valence-electron chi connectivity index (χ3n) is 5.45. The Hall–Kier alpha value is -3.90. The molecule has 4 amide bonds. The Balaban J connectivity index is 1.59. The van der Waals surface area contributed by atoms with E-state index in [0.717, 1.165) is 27.2 Å². The second-order valence-corrected chi connectivity index (χ2v) is 8.62. The molecule has 1 N–H and O–H groups in total. The summed E-state index contributed by atoms with van der Waals surface area (Å²) >= 11 is 6.40. The number of carbonyl (C=O) groups is 3. The molecule has 34 heavy (non-hydrogen) atoms. The summed E-state index contributed by atoms with van der Waals surface area (Å²) in [6.07, 6.45) is 1.42. The van der Waals surface area contributed by atoms with Gasteiger partial charge in [-0.1, -0.05) is 59.6 Å². The van der Waals surface area contributed by atoms with Gasteiger partial charge in [0.2, 0.25) is 0 Å². The van der Waals surface area contributed by atoms with Crippen LogP contribution in [0.4, 0.5) is 10.5 Å². The SMILES string of the molecule is Cc1cccc(COc2ccc(/C=C3\C(=O)NC(=O)N(c4cc(C)ccc4C)C3=O)cc2Cl)c1. The number of halogens is 1. The van der Waals surface area contributed by atoms with Crippen LogP contribution in [0.15, 0.2) is 66.2 Å². The molecule has 7 heteroatoms. The zero-order chi connectivity index (χ0) is 24.4. The fourth-order valence-electron chi connectivity index (χ4n) is 3.69. The number of carbonyl (C=O) groups excluding carboxylic acids is 3. The number of nitrogens with zero attached hydrogens (tertiary/aromatic N) is 1. The number of barbiturate groups is 1. The highest BCUT2D eigenvalue weighted by Gasteiger charge is 2.37. The predicted octanol–water partition coefficient (Wildman–Crippen LogP) is 5.51. The van der Waals surface area contributed by atoms with E-state index in [0.29, 0.717) is 28.6 Å². The summed E-state index contributed by atoms with van der Waals surface area (Å²) in [5.41, 5.74) is 4.57. The average molecular weight is 475 g/mol. The van der Waals surface area contributed by atoms with E-state index in [1.165, 1.54) is 6.08 Å². The highest BCUT2D eigenvalue weighted by molar-refractivity contribution is 6.39. The molecule has 172 valence electrons. The number of urea groups is 1. The highest BCUT2D eigenvalue weighted by Crippen LogP contribution is 2.29. The lowest BCUT2D eigenvalue weighted by Gasteiger charge is -2.27. The lowest BCUT2D eigenvalue weighted by Crippen LogP contribution is -2.54. The molecular weight excluding hydrogens is 452 g/mol. The minimum absolute atomic E-state index is 0.162. The number of hydrogen-bond acceptors (Lipinski definition) is 4. The van der Waals surface area contributed by atoms with Crippen LogP contribution >= 0.6 is 11.6 Å². The number of anilines is 1. The molecule has 0 saturated carbocycles. The standard InChI is InChI=1S/C27H23ClN2O4/c1-16-5-4-6-20(11-16)15-34-24-10-9-19(14-22(24)28)13-21-25(31)29-27(33)30(26(21)32)23-12-17(2)7-8-18(23)3/h4-14H,15H2,1-3H3,(H,29,31,33)/b21-13+. The summed E-state index contributed by atoms with van der Waals surface area (Å²) < 4.78 is 5.83.